The van der Waals surface area contributed by atoms with Crippen LogP contribution in [-0.2, 0) is 8.85 Å². The van der Waals surface area contributed by atoms with Gasteiger partial charge in [-0.2, -0.15) is 0 Å². The molecule has 108 valence electrons. The molecule has 19 heavy (non-hydrogen) atoms. The molecule has 0 saturated heterocycles. The van der Waals surface area contributed by atoms with Crippen molar-refractivity contribution in [3.05, 3.63) is 24.3 Å². The molecule has 0 unspecified atom stereocenters. The van der Waals surface area contributed by atoms with Gasteiger partial charge in [0, 0.05) is 26.5 Å². The normalized spacial score (nSPS) is 11.4. The van der Waals surface area contributed by atoms with Gasteiger partial charge in [0.1, 0.15) is 5.75 Å². The van der Waals surface area contributed by atoms with Crippen molar-refractivity contribution >= 4 is 14.2 Å². The van der Waals surface area contributed by atoms with Crippen molar-refractivity contribution < 1.29 is 13.6 Å². The number of anilines is 1. The maximum atomic E-state index is 5.59. The highest BCUT2D eigenvalue weighted by molar-refractivity contribution is 6.67. The zero-order valence-electron chi connectivity index (χ0n) is 12.4. The first kappa shape index (κ1) is 16.0. The lowest BCUT2D eigenvalue weighted by molar-refractivity contribution is 0.242. The topological polar surface area (TPSA) is 39.7 Å². The van der Waals surface area contributed by atoms with E-state index in [1.807, 2.05) is 24.3 Å². The Kier molecular flexibility index (Phi) is 6.90. The van der Waals surface area contributed by atoms with Gasteiger partial charge in [0.05, 0.1) is 7.11 Å². The zero-order chi connectivity index (χ0) is 14.1. The third kappa shape index (κ3) is 4.85. The van der Waals surface area contributed by atoms with Crippen LogP contribution >= 0.6 is 0 Å². The molecule has 1 aromatic rings. The van der Waals surface area contributed by atoms with Crippen molar-refractivity contribution in [2.45, 2.75) is 25.4 Å². The molecule has 0 amide bonds. The lowest BCUT2D eigenvalue weighted by atomic mass is 10.3. The van der Waals surface area contributed by atoms with Crippen molar-refractivity contribution in [3.8, 4) is 5.75 Å². The first-order valence-corrected chi connectivity index (χ1v) is 8.91. The van der Waals surface area contributed by atoms with E-state index in [2.05, 4.69) is 12.2 Å². The molecule has 0 aliphatic carbocycles. The molecule has 4 nitrogen and oxygen atoms in total. The second-order valence-corrected chi connectivity index (χ2v) is 8.28. The Hall–Kier alpha value is -1.04. The number of ether oxygens (including phenoxy) is 1. The van der Waals surface area contributed by atoms with Crippen LogP contribution in [-0.4, -0.2) is 36.4 Å². The Bertz CT molecular complexity index is 344. The van der Waals surface area contributed by atoms with Crippen LogP contribution in [0.1, 0.15) is 13.3 Å². The quantitative estimate of drug-likeness (QED) is 0.558. The number of methoxy groups -OCH3 is 1. The number of nitrogens with one attached hydrogen (secondary N) is 1. The van der Waals surface area contributed by atoms with E-state index < -0.39 is 8.56 Å². The van der Waals surface area contributed by atoms with Gasteiger partial charge in [0.25, 0.3) is 0 Å². The Balaban J connectivity index is 2.33. The van der Waals surface area contributed by atoms with Crippen LogP contribution < -0.4 is 10.1 Å². The van der Waals surface area contributed by atoms with E-state index in [0.29, 0.717) is 0 Å². The Labute approximate surface area is 117 Å². The standard InChI is InChI=1S/C14H25NO3Si/c1-5-19(17-3,18-4)12-6-11-15-13-7-9-14(16-2)10-8-13/h7-10,15H,5-6,11-12H2,1-4H3. The minimum atomic E-state index is -1.93. The minimum absolute atomic E-state index is 0.877. The second-order valence-electron chi connectivity index (χ2n) is 4.43. The molecular formula is C14H25NO3Si. The van der Waals surface area contributed by atoms with Crippen LogP contribution in [0.25, 0.3) is 0 Å². The Morgan fingerprint density at radius 3 is 2.16 bits per heavy atom. The molecule has 0 fully saturated rings. The van der Waals surface area contributed by atoms with E-state index in [4.69, 9.17) is 13.6 Å². The van der Waals surface area contributed by atoms with Gasteiger partial charge >= 0.3 is 8.56 Å². The molecule has 0 aliphatic rings. The molecule has 0 saturated carbocycles. The van der Waals surface area contributed by atoms with Gasteiger partial charge in [-0.3, -0.25) is 0 Å². The highest BCUT2D eigenvalue weighted by Crippen LogP contribution is 2.19. The molecule has 0 spiro atoms. The van der Waals surface area contributed by atoms with Crippen LogP contribution in [0.2, 0.25) is 12.1 Å². The lowest BCUT2D eigenvalue weighted by Crippen LogP contribution is -2.39. The second kappa shape index (κ2) is 8.19. The molecule has 0 atom stereocenters. The average molecular weight is 283 g/mol. The molecule has 5 heteroatoms. The largest absolute Gasteiger partial charge is 0.497 e. The summed E-state index contributed by atoms with van der Waals surface area (Å²) in [6.07, 6.45) is 1.05. The van der Waals surface area contributed by atoms with Gasteiger partial charge in [-0.1, -0.05) is 6.92 Å². The van der Waals surface area contributed by atoms with Crippen LogP contribution in [0.4, 0.5) is 5.69 Å². The first-order chi connectivity index (χ1) is 9.19. The predicted molar refractivity (Wildman–Crippen MR) is 81.2 cm³/mol. The summed E-state index contributed by atoms with van der Waals surface area (Å²) in [6.45, 7) is 3.06. The maximum absolute atomic E-state index is 5.59. The third-order valence-corrected chi connectivity index (χ3v) is 7.12. The molecular weight excluding hydrogens is 258 g/mol. The molecule has 0 radical (unpaired) electrons. The molecule has 0 heterocycles. The summed E-state index contributed by atoms with van der Waals surface area (Å²) in [6, 6.07) is 9.96. The Morgan fingerprint density at radius 1 is 1.05 bits per heavy atom. The fourth-order valence-electron chi connectivity index (χ4n) is 2.05. The van der Waals surface area contributed by atoms with Crippen molar-refractivity contribution in [2.75, 3.05) is 33.2 Å². The third-order valence-electron chi connectivity index (χ3n) is 3.44. The summed E-state index contributed by atoms with van der Waals surface area (Å²) < 4.78 is 16.3. The number of hydrogen-bond acceptors (Lipinski definition) is 4. The van der Waals surface area contributed by atoms with E-state index in [1.54, 1.807) is 21.3 Å². The van der Waals surface area contributed by atoms with Crippen LogP contribution in [0, 0.1) is 0 Å². The highest BCUT2D eigenvalue weighted by atomic mass is 28.4. The Morgan fingerprint density at radius 2 is 1.68 bits per heavy atom. The van der Waals surface area contributed by atoms with Gasteiger partial charge in [0.15, 0.2) is 0 Å². The smallest absolute Gasteiger partial charge is 0.337 e. The van der Waals surface area contributed by atoms with Crippen molar-refractivity contribution in [1.82, 2.24) is 0 Å². The lowest BCUT2D eigenvalue weighted by Gasteiger charge is -2.26. The zero-order valence-corrected chi connectivity index (χ0v) is 13.4. The highest BCUT2D eigenvalue weighted by Gasteiger charge is 2.32. The van der Waals surface area contributed by atoms with Crippen molar-refractivity contribution in [1.29, 1.82) is 0 Å². The minimum Gasteiger partial charge on any atom is -0.497 e. The maximum Gasteiger partial charge on any atom is 0.337 e. The van der Waals surface area contributed by atoms with E-state index in [1.165, 1.54) is 0 Å². The summed E-state index contributed by atoms with van der Waals surface area (Å²) in [5, 5.41) is 3.40. The van der Waals surface area contributed by atoms with E-state index >= 15 is 0 Å². The van der Waals surface area contributed by atoms with Gasteiger partial charge in [-0.15, -0.1) is 0 Å². The van der Waals surface area contributed by atoms with E-state index in [-0.39, 0.29) is 0 Å². The fraction of sp³-hybridized carbons (Fsp3) is 0.571. The molecule has 0 bridgehead atoms. The SMILES string of the molecule is CC[Si](CCCNc1ccc(OC)cc1)(OC)OC. The average Bonchev–Trinajstić information content (AvgIpc) is 2.49. The summed E-state index contributed by atoms with van der Waals surface area (Å²) in [5.41, 5.74) is 1.11. The van der Waals surface area contributed by atoms with Gasteiger partial charge in [0.2, 0.25) is 0 Å². The first-order valence-electron chi connectivity index (χ1n) is 6.68. The monoisotopic (exact) mass is 283 g/mol. The summed E-state index contributed by atoms with van der Waals surface area (Å²) >= 11 is 0. The fourth-order valence-corrected chi connectivity index (χ4v) is 4.27. The number of rotatable bonds is 9. The molecule has 1 aromatic carbocycles. The summed E-state index contributed by atoms with van der Waals surface area (Å²) in [5.74, 6) is 0.877. The van der Waals surface area contributed by atoms with Gasteiger partial charge in [-0.05, 0) is 42.8 Å². The van der Waals surface area contributed by atoms with E-state index in [9.17, 15) is 0 Å². The summed E-state index contributed by atoms with van der Waals surface area (Å²) in [7, 11) is 3.26. The number of benzene rings is 1. The van der Waals surface area contributed by atoms with Crippen LogP contribution in [0.3, 0.4) is 0 Å². The molecule has 0 aliphatic heterocycles. The van der Waals surface area contributed by atoms with Crippen molar-refractivity contribution in [3.63, 3.8) is 0 Å². The van der Waals surface area contributed by atoms with E-state index in [0.717, 1.165) is 36.5 Å². The van der Waals surface area contributed by atoms with Crippen molar-refractivity contribution in [2.24, 2.45) is 0 Å². The van der Waals surface area contributed by atoms with Crippen LogP contribution in [0.15, 0.2) is 24.3 Å². The molecule has 1 rings (SSSR count). The summed E-state index contributed by atoms with van der Waals surface area (Å²) in [4.78, 5) is 0. The van der Waals surface area contributed by atoms with Crippen LogP contribution in [0.5, 0.6) is 5.75 Å². The number of hydrogen-bond donors (Lipinski definition) is 1. The molecule has 1 N–H and O–H groups in total. The molecule has 0 aromatic heterocycles. The van der Waals surface area contributed by atoms with Gasteiger partial charge in [-0.25, -0.2) is 0 Å². The van der Waals surface area contributed by atoms with Gasteiger partial charge < -0.3 is 18.9 Å². The predicted octanol–water partition coefficient (Wildman–Crippen LogP) is 3.25.